The van der Waals surface area contributed by atoms with Crippen LogP contribution in [0.5, 0.6) is 5.75 Å². The molecule has 1 N–H and O–H groups in total. The minimum Gasteiger partial charge on any atom is -0.493 e. The van der Waals surface area contributed by atoms with Crippen molar-refractivity contribution in [1.29, 1.82) is 0 Å². The molecular weight excluding hydrogens is 264 g/mol. The molecule has 1 unspecified atom stereocenters. The maximum absolute atomic E-state index is 10.5. The fraction of sp³-hybridized carbons (Fsp3) is 0.471. The van der Waals surface area contributed by atoms with E-state index in [1.165, 1.54) is 5.56 Å². The molecule has 0 saturated carbocycles. The molecule has 4 nitrogen and oxygen atoms in total. The van der Waals surface area contributed by atoms with Crippen LogP contribution < -0.4 is 4.74 Å². The van der Waals surface area contributed by atoms with Crippen LogP contribution in [0.4, 0.5) is 0 Å². The van der Waals surface area contributed by atoms with Crippen molar-refractivity contribution in [3.8, 4) is 5.75 Å². The Labute approximate surface area is 126 Å². The van der Waals surface area contributed by atoms with Crippen LogP contribution in [0.2, 0.25) is 0 Å². The van der Waals surface area contributed by atoms with Gasteiger partial charge in [-0.05, 0) is 45.2 Å². The summed E-state index contributed by atoms with van der Waals surface area (Å²) < 4.78 is 7.48. The molecule has 2 aromatic rings. The molecule has 0 saturated heterocycles. The van der Waals surface area contributed by atoms with Crippen molar-refractivity contribution in [3.63, 3.8) is 0 Å². The summed E-state index contributed by atoms with van der Waals surface area (Å²) >= 11 is 0. The zero-order valence-electron chi connectivity index (χ0n) is 13.3. The van der Waals surface area contributed by atoms with Gasteiger partial charge in [0.15, 0.2) is 0 Å². The van der Waals surface area contributed by atoms with Gasteiger partial charge in [0.2, 0.25) is 0 Å². The van der Waals surface area contributed by atoms with Crippen LogP contribution in [0.3, 0.4) is 0 Å². The lowest BCUT2D eigenvalue weighted by Gasteiger charge is -2.15. The number of aliphatic hydroxyl groups is 1. The number of para-hydroxylation sites is 1. The number of nitrogens with zero attached hydrogens (tertiary/aromatic N) is 2. The highest BCUT2D eigenvalue weighted by atomic mass is 16.5. The Bertz CT molecular complexity index is 605. The molecule has 1 aromatic carbocycles. The van der Waals surface area contributed by atoms with E-state index >= 15 is 0 Å². The van der Waals surface area contributed by atoms with E-state index in [0.717, 1.165) is 29.1 Å². The molecular formula is C17H24N2O2. The van der Waals surface area contributed by atoms with Crippen LogP contribution in [0.25, 0.3) is 0 Å². The van der Waals surface area contributed by atoms with Gasteiger partial charge in [-0.15, -0.1) is 0 Å². The largest absolute Gasteiger partial charge is 0.493 e. The monoisotopic (exact) mass is 288 g/mol. The molecule has 0 fully saturated rings. The van der Waals surface area contributed by atoms with E-state index < -0.39 is 6.10 Å². The Hall–Kier alpha value is -1.81. The van der Waals surface area contributed by atoms with Crippen molar-refractivity contribution in [3.05, 3.63) is 46.8 Å². The maximum Gasteiger partial charge on any atom is 0.125 e. The Morgan fingerprint density at radius 3 is 2.62 bits per heavy atom. The molecule has 21 heavy (non-hydrogen) atoms. The lowest BCUT2D eigenvalue weighted by Crippen LogP contribution is -2.04. The molecule has 0 spiro atoms. The number of aryl methyl sites for hydroxylation is 2. The van der Waals surface area contributed by atoms with E-state index in [1.807, 2.05) is 49.8 Å². The van der Waals surface area contributed by atoms with E-state index in [0.29, 0.717) is 13.0 Å². The van der Waals surface area contributed by atoms with Crippen molar-refractivity contribution in [2.75, 3.05) is 6.61 Å². The number of hydrogen-bond acceptors (Lipinski definition) is 3. The molecule has 4 heteroatoms. The third-order valence-corrected chi connectivity index (χ3v) is 3.90. The second-order valence-electron chi connectivity index (χ2n) is 5.30. The predicted molar refractivity (Wildman–Crippen MR) is 83.6 cm³/mol. The van der Waals surface area contributed by atoms with Crippen molar-refractivity contribution in [2.24, 2.45) is 7.05 Å². The first kappa shape index (κ1) is 15.6. The SMILES string of the molecule is CCOc1ccccc1C(O)CCc1c(C)nn(C)c1C. The maximum atomic E-state index is 10.5. The van der Waals surface area contributed by atoms with Gasteiger partial charge in [-0.25, -0.2) is 0 Å². The van der Waals surface area contributed by atoms with E-state index in [1.54, 1.807) is 0 Å². The van der Waals surface area contributed by atoms with E-state index in [4.69, 9.17) is 4.74 Å². The van der Waals surface area contributed by atoms with Crippen LogP contribution in [0.1, 0.15) is 42.0 Å². The first-order chi connectivity index (χ1) is 10.0. The second kappa shape index (κ2) is 6.76. The third kappa shape index (κ3) is 3.45. The van der Waals surface area contributed by atoms with Crippen LogP contribution in [-0.2, 0) is 13.5 Å². The van der Waals surface area contributed by atoms with Crippen molar-refractivity contribution in [2.45, 2.75) is 39.7 Å². The Balaban J connectivity index is 2.10. The molecule has 0 amide bonds. The number of rotatable bonds is 6. The number of aliphatic hydroxyl groups excluding tert-OH is 1. The Kier molecular flexibility index (Phi) is 5.02. The Morgan fingerprint density at radius 2 is 2.00 bits per heavy atom. The first-order valence-corrected chi connectivity index (χ1v) is 7.43. The quantitative estimate of drug-likeness (QED) is 0.888. The molecule has 1 heterocycles. The zero-order valence-corrected chi connectivity index (χ0v) is 13.3. The summed E-state index contributed by atoms with van der Waals surface area (Å²) in [6.07, 6.45) is 0.955. The van der Waals surface area contributed by atoms with E-state index in [9.17, 15) is 5.11 Å². The third-order valence-electron chi connectivity index (χ3n) is 3.90. The first-order valence-electron chi connectivity index (χ1n) is 7.43. The fourth-order valence-corrected chi connectivity index (χ4v) is 2.66. The fourth-order valence-electron chi connectivity index (χ4n) is 2.66. The summed E-state index contributed by atoms with van der Waals surface area (Å²) in [6.45, 7) is 6.63. The van der Waals surface area contributed by atoms with E-state index in [-0.39, 0.29) is 0 Å². The predicted octanol–water partition coefficient (Wildman–Crippen LogP) is 3.10. The van der Waals surface area contributed by atoms with Crippen LogP contribution in [0.15, 0.2) is 24.3 Å². The van der Waals surface area contributed by atoms with Crippen LogP contribution in [-0.4, -0.2) is 21.5 Å². The number of benzene rings is 1. The standard InChI is InChI=1S/C17H24N2O2/c1-5-21-17-9-7-6-8-15(17)16(20)11-10-14-12(2)18-19(4)13(14)3/h6-9,16,20H,5,10-11H2,1-4H3. The minimum atomic E-state index is -0.522. The van der Waals surface area contributed by atoms with Crippen molar-refractivity contribution in [1.82, 2.24) is 9.78 Å². The van der Waals surface area contributed by atoms with Gasteiger partial charge < -0.3 is 9.84 Å². The summed E-state index contributed by atoms with van der Waals surface area (Å²) in [4.78, 5) is 0. The number of hydrogen-bond donors (Lipinski definition) is 1. The van der Waals surface area contributed by atoms with Gasteiger partial charge in [0.05, 0.1) is 18.4 Å². The summed E-state index contributed by atoms with van der Waals surface area (Å²) in [5.41, 5.74) is 4.29. The highest BCUT2D eigenvalue weighted by Gasteiger charge is 2.16. The van der Waals surface area contributed by atoms with Gasteiger partial charge in [0, 0.05) is 18.3 Å². The Morgan fingerprint density at radius 1 is 1.29 bits per heavy atom. The average Bonchev–Trinajstić information content (AvgIpc) is 2.71. The second-order valence-corrected chi connectivity index (χ2v) is 5.30. The molecule has 1 aromatic heterocycles. The molecule has 0 aliphatic carbocycles. The zero-order chi connectivity index (χ0) is 15.4. The summed E-state index contributed by atoms with van der Waals surface area (Å²) in [5.74, 6) is 0.770. The highest BCUT2D eigenvalue weighted by molar-refractivity contribution is 5.35. The molecule has 0 aliphatic heterocycles. The van der Waals surface area contributed by atoms with Gasteiger partial charge in [-0.3, -0.25) is 4.68 Å². The van der Waals surface area contributed by atoms with Gasteiger partial charge >= 0.3 is 0 Å². The lowest BCUT2D eigenvalue weighted by atomic mass is 9.99. The van der Waals surface area contributed by atoms with Gasteiger partial charge in [-0.2, -0.15) is 5.10 Å². The van der Waals surface area contributed by atoms with Gasteiger partial charge in [-0.1, -0.05) is 18.2 Å². The van der Waals surface area contributed by atoms with E-state index in [2.05, 4.69) is 12.0 Å². The number of aromatic nitrogens is 2. The van der Waals surface area contributed by atoms with Gasteiger partial charge in [0.1, 0.15) is 5.75 Å². The average molecular weight is 288 g/mol. The normalized spacial score (nSPS) is 12.4. The van der Waals surface area contributed by atoms with Gasteiger partial charge in [0.25, 0.3) is 0 Å². The minimum absolute atomic E-state index is 0.522. The topological polar surface area (TPSA) is 47.3 Å². The van der Waals surface area contributed by atoms with Crippen LogP contribution >= 0.6 is 0 Å². The van der Waals surface area contributed by atoms with Crippen molar-refractivity contribution < 1.29 is 9.84 Å². The number of ether oxygens (including phenoxy) is 1. The summed E-state index contributed by atoms with van der Waals surface area (Å²) in [5, 5.41) is 14.9. The molecule has 114 valence electrons. The summed E-state index contributed by atoms with van der Waals surface area (Å²) in [6, 6.07) is 7.69. The molecule has 0 aliphatic rings. The molecule has 0 bridgehead atoms. The molecule has 0 radical (unpaired) electrons. The van der Waals surface area contributed by atoms with Crippen molar-refractivity contribution >= 4 is 0 Å². The summed E-state index contributed by atoms with van der Waals surface area (Å²) in [7, 11) is 1.95. The molecule has 2 rings (SSSR count). The highest BCUT2D eigenvalue weighted by Crippen LogP contribution is 2.29. The molecule has 1 atom stereocenters. The van der Waals surface area contributed by atoms with Crippen LogP contribution in [0, 0.1) is 13.8 Å². The smallest absolute Gasteiger partial charge is 0.125 e. The lowest BCUT2D eigenvalue weighted by molar-refractivity contribution is 0.162.